The van der Waals surface area contributed by atoms with E-state index in [1.54, 1.807) is 0 Å². The summed E-state index contributed by atoms with van der Waals surface area (Å²) < 4.78 is 5.46. The first-order valence-electron chi connectivity index (χ1n) is 7.90. The number of ketones is 1. The third-order valence-corrected chi connectivity index (χ3v) is 4.49. The van der Waals surface area contributed by atoms with Crippen molar-refractivity contribution in [2.45, 2.75) is 70.9 Å². The highest BCUT2D eigenvalue weighted by Gasteiger charge is 2.40. The van der Waals surface area contributed by atoms with Gasteiger partial charge in [0.1, 0.15) is 17.4 Å². The third kappa shape index (κ3) is 3.81. The van der Waals surface area contributed by atoms with Crippen molar-refractivity contribution in [3.63, 3.8) is 0 Å². The fraction of sp³-hybridized carbons (Fsp3) is 0.875. The first kappa shape index (κ1) is 15.5. The van der Waals surface area contributed by atoms with E-state index in [9.17, 15) is 9.59 Å². The second kappa shape index (κ2) is 6.25. The molecule has 1 atom stereocenters. The number of hydrogen-bond acceptors (Lipinski definition) is 4. The van der Waals surface area contributed by atoms with Gasteiger partial charge in [-0.15, -0.1) is 0 Å². The maximum atomic E-state index is 12.2. The third-order valence-electron chi connectivity index (χ3n) is 4.49. The molecule has 20 heavy (non-hydrogen) atoms. The van der Waals surface area contributed by atoms with Gasteiger partial charge in [0.2, 0.25) is 0 Å². The van der Waals surface area contributed by atoms with E-state index in [0.717, 1.165) is 6.54 Å². The molecule has 4 heteroatoms. The Labute approximate surface area is 121 Å². The van der Waals surface area contributed by atoms with Gasteiger partial charge >= 0.3 is 5.97 Å². The zero-order chi connectivity index (χ0) is 14.8. The number of ether oxygens (including phenoxy) is 1. The minimum atomic E-state index is -0.446. The van der Waals surface area contributed by atoms with Gasteiger partial charge in [0.15, 0.2) is 0 Å². The van der Waals surface area contributed by atoms with E-state index in [1.165, 1.54) is 25.7 Å². The summed E-state index contributed by atoms with van der Waals surface area (Å²) in [6, 6.07) is -0.373. The standard InChI is InChI=1S/C16H27NO3/c1-4-17-11-16(2,3)20-15(19)14(17)10-13(18)9-12-7-5-6-8-12/h12,14H,4-11H2,1-3H3. The SMILES string of the molecule is CCN1CC(C)(C)OC(=O)C1CC(=O)CC1CCCC1. The van der Waals surface area contributed by atoms with Gasteiger partial charge in [-0.25, -0.2) is 0 Å². The van der Waals surface area contributed by atoms with Crippen molar-refractivity contribution in [1.82, 2.24) is 4.90 Å². The van der Waals surface area contributed by atoms with Gasteiger partial charge in [0, 0.05) is 19.4 Å². The van der Waals surface area contributed by atoms with Crippen LogP contribution >= 0.6 is 0 Å². The fourth-order valence-corrected chi connectivity index (χ4v) is 3.50. The summed E-state index contributed by atoms with van der Waals surface area (Å²) in [7, 11) is 0. The summed E-state index contributed by atoms with van der Waals surface area (Å²) in [5, 5.41) is 0. The normalized spacial score (nSPS) is 27.6. The van der Waals surface area contributed by atoms with Crippen molar-refractivity contribution in [2.75, 3.05) is 13.1 Å². The summed E-state index contributed by atoms with van der Waals surface area (Å²) in [5.41, 5.74) is -0.446. The van der Waals surface area contributed by atoms with E-state index < -0.39 is 5.60 Å². The molecule has 1 saturated heterocycles. The topological polar surface area (TPSA) is 46.6 Å². The van der Waals surface area contributed by atoms with Gasteiger partial charge < -0.3 is 4.74 Å². The zero-order valence-electron chi connectivity index (χ0n) is 13.0. The first-order valence-corrected chi connectivity index (χ1v) is 7.90. The van der Waals surface area contributed by atoms with Gasteiger partial charge in [-0.05, 0) is 26.3 Å². The molecule has 1 unspecified atom stereocenters. The number of hydrogen-bond donors (Lipinski definition) is 0. The lowest BCUT2D eigenvalue weighted by molar-refractivity contribution is -0.178. The van der Waals surface area contributed by atoms with Crippen LogP contribution in [-0.2, 0) is 14.3 Å². The fourth-order valence-electron chi connectivity index (χ4n) is 3.50. The number of Topliss-reactive ketones (excluding diaryl/α,β-unsaturated/α-hetero) is 1. The molecule has 114 valence electrons. The Kier molecular flexibility index (Phi) is 4.84. The van der Waals surface area contributed by atoms with Gasteiger partial charge in [0.25, 0.3) is 0 Å². The van der Waals surface area contributed by atoms with E-state index in [2.05, 4.69) is 4.90 Å². The highest BCUT2D eigenvalue weighted by Crippen LogP contribution is 2.29. The number of esters is 1. The van der Waals surface area contributed by atoms with E-state index in [1.807, 2.05) is 20.8 Å². The zero-order valence-corrected chi connectivity index (χ0v) is 13.0. The van der Waals surface area contributed by atoms with Crippen LogP contribution in [0.2, 0.25) is 0 Å². The molecule has 0 bridgehead atoms. The van der Waals surface area contributed by atoms with E-state index in [-0.39, 0.29) is 17.8 Å². The molecule has 0 N–H and O–H groups in total. The summed E-state index contributed by atoms with van der Waals surface area (Å²) >= 11 is 0. The Morgan fingerprint density at radius 2 is 1.95 bits per heavy atom. The van der Waals surface area contributed by atoms with Crippen LogP contribution in [0.3, 0.4) is 0 Å². The van der Waals surface area contributed by atoms with Crippen LogP contribution in [0.15, 0.2) is 0 Å². The molecule has 2 fully saturated rings. The number of carbonyl (C=O) groups is 2. The minimum Gasteiger partial charge on any atom is -0.457 e. The van der Waals surface area contributed by atoms with Crippen LogP contribution in [0.25, 0.3) is 0 Å². The van der Waals surface area contributed by atoms with Crippen LogP contribution < -0.4 is 0 Å². The Hall–Kier alpha value is -0.900. The van der Waals surface area contributed by atoms with Gasteiger partial charge in [-0.2, -0.15) is 0 Å². The highest BCUT2D eigenvalue weighted by atomic mass is 16.6. The molecule has 0 aromatic rings. The highest BCUT2D eigenvalue weighted by molar-refractivity contribution is 5.87. The number of nitrogens with zero attached hydrogens (tertiary/aromatic N) is 1. The molecule has 0 aromatic carbocycles. The molecule has 0 aromatic heterocycles. The second-order valence-corrected chi connectivity index (χ2v) is 6.86. The van der Waals surface area contributed by atoms with Crippen molar-refractivity contribution in [3.8, 4) is 0 Å². The molecule has 0 radical (unpaired) electrons. The van der Waals surface area contributed by atoms with Crippen LogP contribution in [0.5, 0.6) is 0 Å². The molecule has 0 amide bonds. The van der Waals surface area contributed by atoms with Crippen molar-refractivity contribution >= 4 is 11.8 Å². The lowest BCUT2D eigenvalue weighted by Crippen LogP contribution is -2.57. The molecule has 4 nitrogen and oxygen atoms in total. The van der Waals surface area contributed by atoms with Crippen molar-refractivity contribution in [3.05, 3.63) is 0 Å². The largest absolute Gasteiger partial charge is 0.457 e. The van der Waals surface area contributed by atoms with Crippen molar-refractivity contribution < 1.29 is 14.3 Å². The maximum Gasteiger partial charge on any atom is 0.324 e. The smallest absolute Gasteiger partial charge is 0.324 e. The Bertz CT molecular complexity index is 372. The lowest BCUT2D eigenvalue weighted by atomic mass is 9.95. The number of cyclic esters (lactones) is 1. The van der Waals surface area contributed by atoms with Crippen LogP contribution in [0, 0.1) is 5.92 Å². The van der Waals surface area contributed by atoms with E-state index in [4.69, 9.17) is 4.74 Å². The van der Waals surface area contributed by atoms with Crippen LogP contribution in [-0.4, -0.2) is 41.4 Å². The molecule has 2 rings (SSSR count). The summed E-state index contributed by atoms with van der Waals surface area (Å²) in [6.45, 7) is 7.36. The molecule has 1 saturated carbocycles. The van der Waals surface area contributed by atoms with Crippen LogP contribution in [0.1, 0.15) is 59.3 Å². The predicted molar refractivity (Wildman–Crippen MR) is 77.4 cm³/mol. The monoisotopic (exact) mass is 281 g/mol. The first-order chi connectivity index (χ1) is 9.41. The Morgan fingerprint density at radius 3 is 2.55 bits per heavy atom. The molecular weight excluding hydrogens is 254 g/mol. The van der Waals surface area contributed by atoms with E-state index in [0.29, 0.717) is 25.3 Å². The number of carbonyl (C=O) groups excluding carboxylic acids is 2. The molecule has 0 spiro atoms. The Balaban J connectivity index is 1.92. The summed E-state index contributed by atoms with van der Waals surface area (Å²) in [6.07, 6.45) is 5.80. The van der Waals surface area contributed by atoms with E-state index >= 15 is 0 Å². The van der Waals surface area contributed by atoms with Gasteiger partial charge in [0.05, 0.1) is 0 Å². The Morgan fingerprint density at radius 1 is 1.30 bits per heavy atom. The quantitative estimate of drug-likeness (QED) is 0.727. The molecule has 1 aliphatic carbocycles. The van der Waals surface area contributed by atoms with Gasteiger partial charge in [-0.1, -0.05) is 32.6 Å². The second-order valence-electron chi connectivity index (χ2n) is 6.86. The van der Waals surface area contributed by atoms with Crippen LogP contribution in [0.4, 0.5) is 0 Å². The molecule has 1 heterocycles. The number of morpholine rings is 1. The molecular formula is C16H27NO3. The number of rotatable bonds is 5. The maximum absolute atomic E-state index is 12.2. The summed E-state index contributed by atoms with van der Waals surface area (Å²) in [4.78, 5) is 26.4. The summed E-state index contributed by atoms with van der Waals surface area (Å²) in [5.74, 6) is 0.536. The average Bonchev–Trinajstić information content (AvgIpc) is 2.84. The molecule has 2 aliphatic rings. The van der Waals surface area contributed by atoms with Crippen molar-refractivity contribution in [2.24, 2.45) is 5.92 Å². The minimum absolute atomic E-state index is 0.219. The van der Waals surface area contributed by atoms with Crippen molar-refractivity contribution in [1.29, 1.82) is 0 Å². The average molecular weight is 281 g/mol. The van der Waals surface area contributed by atoms with Gasteiger partial charge in [-0.3, -0.25) is 14.5 Å². The predicted octanol–water partition coefficient (Wildman–Crippen LogP) is 2.55. The lowest BCUT2D eigenvalue weighted by Gasteiger charge is -2.41. The number of likely N-dealkylation sites (N-methyl/N-ethyl adjacent to an activating group) is 1. The molecule has 1 aliphatic heterocycles.